The fourth-order valence-corrected chi connectivity index (χ4v) is 6.01. The lowest BCUT2D eigenvalue weighted by Gasteiger charge is -2.06. The van der Waals surface area contributed by atoms with Crippen LogP contribution in [0.25, 0.3) is 71.6 Å². The summed E-state index contributed by atoms with van der Waals surface area (Å²) in [4.78, 5) is 4.67. The van der Waals surface area contributed by atoms with Crippen molar-refractivity contribution < 1.29 is 0 Å². The van der Waals surface area contributed by atoms with Gasteiger partial charge in [-0.15, -0.1) is 0 Å². The minimum absolute atomic E-state index is 1.01. The Kier molecular flexibility index (Phi) is 4.47. The van der Waals surface area contributed by atoms with Gasteiger partial charge in [0.25, 0.3) is 0 Å². The maximum atomic E-state index is 4.67. The van der Waals surface area contributed by atoms with Crippen LogP contribution in [0.2, 0.25) is 0 Å². The number of nitrogens with zero attached hydrogens (tertiary/aromatic N) is 2. The molecule has 5 aromatic carbocycles. The van der Waals surface area contributed by atoms with Crippen LogP contribution in [0.15, 0.2) is 128 Å². The summed E-state index contributed by atoms with van der Waals surface area (Å²) in [7, 11) is 0. The van der Waals surface area contributed by atoms with E-state index < -0.39 is 0 Å². The molecule has 2 nitrogen and oxygen atoms in total. The molecule has 0 aliphatic heterocycles. The molecular weight excluding hydrogens is 460 g/mol. The van der Waals surface area contributed by atoms with Crippen molar-refractivity contribution in [1.82, 2.24) is 9.38 Å². The Morgan fingerprint density at radius 3 is 1.66 bits per heavy atom. The molecule has 38 heavy (non-hydrogen) atoms. The summed E-state index contributed by atoms with van der Waals surface area (Å²) >= 11 is 0. The Morgan fingerprint density at radius 1 is 0.474 bits per heavy atom. The zero-order valence-electron chi connectivity index (χ0n) is 21.0. The van der Waals surface area contributed by atoms with E-state index in [4.69, 9.17) is 0 Å². The molecule has 0 atom stereocenters. The van der Waals surface area contributed by atoms with E-state index in [0.29, 0.717) is 0 Å². The number of benzene rings is 5. The average molecular weight is 485 g/mol. The molecule has 8 aromatic rings. The van der Waals surface area contributed by atoms with Crippen molar-refractivity contribution in [2.45, 2.75) is 6.92 Å². The van der Waals surface area contributed by atoms with E-state index in [1.807, 2.05) is 12.3 Å². The van der Waals surface area contributed by atoms with Crippen molar-refractivity contribution in [3.8, 4) is 33.5 Å². The van der Waals surface area contributed by atoms with Crippen LogP contribution in [0.1, 0.15) is 5.56 Å². The van der Waals surface area contributed by atoms with Gasteiger partial charge < -0.3 is 4.40 Å². The fourth-order valence-electron chi connectivity index (χ4n) is 6.01. The Bertz CT molecular complexity index is 2120. The first-order valence-electron chi connectivity index (χ1n) is 13.1. The van der Waals surface area contributed by atoms with E-state index in [0.717, 1.165) is 11.3 Å². The highest BCUT2D eigenvalue weighted by Gasteiger charge is 2.20. The standard InChI is InChI=1S/C36H24N2/c1-23-16-17-37-33(18-23)27-13-15-35-30(20-27)32-22-28(25-10-6-3-7-11-25)21-31-29-19-26(24-8-4-2-5-9-24)12-14-34(29)38(35)36(31)32/h2-22H,1H3. The molecule has 2 heteroatoms. The lowest BCUT2D eigenvalue weighted by molar-refractivity contribution is 1.29. The first-order chi connectivity index (χ1) is 18.7. The number of fused-ring (bicyclic) bond motifs is 6. The second-order valence-electron chi connectivity index (χ2n) is 10.2. The van der Waals surface area contributed by atoms with Crippen LogP contribution in [-0.2, 0) is 0 Å². The summed E-state index contributed by atoms with van der Waals surface area (Å²) in [5.41, 5.74) is 12.1. The number of hydrogen-bond acceptors (Lipinski definition) is 1. The molecule has 0 amide bonds. The van der Waals surface area contributed by atoms with E-state index in [1.54, 1.807) is 0 Å². The van der Waals surface area contributed by atoms with Gasteiger partial charge in [-0.05, 0) is 83.3 Å². The molecule has 0 aliphatic rings. The normalized spacial score (nSPS) is 11.8. The van der Waals surface area contributed by atoms with E-state index in [1.165, 1.54) is 65.9 Å². The Morgan fingerprint density at radius 2 is 1.03 bits per heavy atom. The van der Waals surface area contributed by atoms with Gasteiger partial charge >= 0.3 is 0 Å². The van der Waals surface area contributed by atoms with E-state index in [2.05, 4.69) is 132 Å². The number of pyridine rings is 1. The molecule has 0 bridgehead atoms. The number of aromatic nitrogens is 2. The monoisotopic (exact) mass is 484 g/mol. The van der Waals surface area contributed by atoms with Gasteiger partial charge in [0.1, 0.15) is 0 Å². The van der Waals surface area contributed by atoms with Gasteiger partial charge in [0.15, 0.2) is 0 Å². The van der Waals surface area contributed by atoms with Crippen molar-refractivity contribution in [2.24, 2.45) is 0 Å². The van der Waals surface area contributed by atoms with Crippen LogP contribution in [0.5, 0.6) is 0 Å². The maximum absolute atomic E-state index is 4.67. The lowest BCUT2D eigenvalue weighted by Crippen LogP contribution is -1.86. The largest absolute Gasteiger partial charge is 0.308 e. The van der Waals surface area contributed by atoms with Gasteiger partial charge in [-0.3, -0.25) is 4.98 Å². The zero-order chi connectivity index (χ0) is 25.2. The first-order valence-corrected chi connectivity index (χ1v) is 13.1. The third-order valence-electron chi connectivity index (χ3n) is 7.81. The molecule has 0 saturated carbocycles. The van der Waals surface area contributed by atoms with Gasteiger partial charge in [0.05, 0.1) is 22.2 Å². The van der Waals surface area contributed by atoms with Crippen LogP contribution in [0.3, 0.4) is 0 Å². The predicted molar refractivity (Wildman–Crippen MR) is 160 cm³/mol. The van der Waals surface area contributed by atoms with Gasteiger partial charge in [0, 0.05) is 33.3 Å². The van der Waals surface area contributed by atoms with Crippen molar-refractivity contribution in [3.05, 3.63) is 133 Å². The first kappa shape index (κ1) is 21.2. The van der Waals surface area contributed by atoms with Crippen molar-refractivity contribution in [1.29, 1.82) is 0 Å². The van der Waals surface area contributed by atoms with Crippen LogP contribution in [0.4, 0.5) is 0 Å². The molecule has 3 heterocycles. The van der Waals surface area contributed by atoms with Crippen LogP contribution in [0, 0.1) is 6.92 Å². The maximum Gasteiger partial charge on any atom is 0.0704 e. The molecule has 0 radical (unpaired) electrons. The molecule has 3 aromatic heterocycles. The number of aryl methyl sites for hydroxylation is 1. The average Bonchev–Trinajstić information content (AvgIpc) is 3.48. The second kappa shape index (κ2) is 8.03. The summed E-state index contributed by atoms with van der Waals surface area (Å²) in [6, 6.07) is 44.0. The zero-order valence-corrected chi connectivity index (χ0v) is 21.0. The number of rotatable bonds is 3. The molecule has 0 unspecified atom stereocenters. The molecule has 0 saturated heterocycles. The highest BCUT2D eigenvalue weighted by molar-refractivity contribution is 6.25. The van der Waals surface area contributed by atoms with E-state index >= 15 is 0 Å². The van der Waals surface area contributed by atoms with Gasteiger partial charge in [-0.1, -0.05) is 72.8 Å². The van der Waals surface area contributed by atoms with Gasteiger partial charge in [-0.25, -0.2) is 0 Å². The van der Waals surface area contributed by atoms with E-state index in [-0.39, 0.29) is 0 Å². The van der Waals surface area contributed by atoms with Gasteiger partial charge in [0.2, 0.25) is 0 Å². The minimum Gasteiger partial charge on any atom is -0.308 e. The van der Waals surface area contributed by atoms with Crippen molar-refractivity contribution >= 4 is 38.1 Å². The smallest absolute Gasteiger partial charge is 0.0704 e. The Hall–Kier alpha value is -4.95. The number of hydrogen-bond donors (Lipinski definition) is 0. The summed E-state index contributed by atoms with van der Waals surface area (Å²) < 4.78 is 2.45. The predicted octanol–water partition coefficient (Wildman–Crippen LogP) is 9.54. The van der Waals surface area contributed by atoms with Gasteiger partial charge in [-0.2, -0.15) is 0 Å². The SMILES string of the molecule is Cc1ccnc(-c2ccc3c(c2)c2cc(-c4ccccc4)cc4c5cc(-c6ccccc6)ccc5n3c42)c1. The molecule has 0 N–H and O–H groups in total. The molecular formula is C36H24N2. The third kappa shape index (κ3) is 3.10. The van der Waals surface area contributed by atoms with Crippen molar-refractivity contribution in [3.63, 3.8) is 0 Å². The van der Waals surface area contributed by atoms with Crippen molar-refractivity contribution in [2.75, 3.05) is 0 Å². The summed E-state index contributed by atoms with van der Waals surface area (Å²) in [5.74, 6) is 0. The quantitative estimate of drug-likeness (QED) is 0.244. The second-order valence-corrected chi connectivity index (χ2v) is 10.2. The third-order valence-corrected chi connectivity index (χ3v) is 7.81. The lowest BCUT2D eigenvalue weighted by atomic mass is 9.97. The van der Waals surface area contributed by atoms with Crippen LogP contribution < -0.4 is 0 Å². The van der Waals surface area contributed by atoms with Crippen LogP contribution >= 0.6 is 0 Å². The molecule has 178 valence electrons. The fraction of sp³-hybridized carbons (Fsp3) is 0.0278. The highest BCUT2D eigenvalue weighted by atomic mass is 14.9. The van der Waals surface area contributed by atoms with Crippen LogP contribution in [-0.4, -0.2) is 9.38 Å². The molecule has 0 aliphatic carbocycles. The summed E-state index contributed by atoms with van der Waals surface area (Å²) in [5, 5.41) is 5.12. The molecule has 8 rings (SSSR count). The molecule has 0 spiro atoms. The Balaban J connectivity index is 1.49. The summed E-state index contributed by atoms with van der Waals surface area (Å²) in [6.45, 7) is 2.12. The minimum atomic E-state index is 1.01. The van der Waals surface area contributed by atoms with E-state index in [9.17, 15) is 0 Å². The molecule has 0 fully saturated rings. The topological polar surface area (TPSA) is 17.3 Å². The Labute approximate surface area is 220 Å². The highest BCUT2D eigenvalue weighted by Crippen LogP contribution is 2.43. The summed E-state index contributed by atoms with van der Waals surface area (Å²) in [6.07, 6.45) is 1.90.